The fraction of sp³-hybridized carbons (Fsp3) is 0.0714. The van der Waals surface area contributed by atoms with E-state index in [0.717, 1.165) is 40.3 Å². The highest BCUT2D eigenvalue weighted by Crippen LogP contribution is 2.33. The van der Waals surface area contributed by atoms with Gasteiger partial charge < -0.3 is 5.73 Å². The first-order valence-electron chi connectivity index (χ1n) is 10.3. The van der Waals surface area contributed by atoms with Crippen LogP contribution in [0.3, 0.4) is 0 Å². The Morgan fingerprint density at radius 3 is 1.97 bits per heavy atom. The average Bonchev–Trinajstić information content (AvgIpc) is 2.83. The van der Waals surface area contributed by atoms with Crippen LogP contribution in [0.15, 0.2) is 115 Å². The molecule has 3 aromatic carbocycles. The highest BCUT2D eigenvalue weighted by molar-refractivity contribution is 5.77. The van der Waals surface area contributed by atoms with Crippen LogP contribution in [-0.4, -0.2) is 0 Å². The van der Waals surface area contributed by atoms with Crippen molar-refractivity contribution >= 4 is 5.57 Å². The zero-order valence-electron chi connectivity index (χ0n) is 17.3. The van der Waals surface area contributed by atoms with Gasteiger partial charge in [0, 0.05) is 6.20 Å². The van der Waals surface area contributed by atoms with Crippen molar-refractivity contribution in [2.24, 2.45) is 5.73 Å². The fourth-order valence-corrected chi connectivity index (χ4v) is 3.65. The van der Waals surface area contributed by atoms with Gasteiger partial charge in [-0.2, -0.15) is 13.2 Å². The minimum Gasteiger partial charge on any atom is -0.404 e. The van der Waals surface area contributed by atoms with Gasteiger partial charge in [-0.1, -0.05) is 85.0 Å². The van der Waals surface area contributed by atoms with Gasteiger partial charge in [-0.3, -0.25) is 0 Å². The van der Waals surface area contributed by atoms with E-state index >= 15 is 0 Å². The molecule has 4 rings (SSSR count). The molecule has 0 amide bonds. The van der Waals surface area contributed by atoms with E-state index in [0.29, 0.717) is 5.56 Å². The van der Waals surface area contributed by atoms with E-state index in [1.165, 1.54) is 17.7 Å². The van der Waals surface area contributed by atoms with Gasteiger partial charge >= 0.3 is 6.18 Å². The number of alkyl halides is 3. The zero-order valence-corrected chi connectivity index (χ0v) is 17.3. The van der Waals surface area contributed by atoms with Crippen molar-refractivity contribution in [3.05, 3.63) is 126 Å². The van der Waals surface area contributed by atoms with Crippen LogP contribution in [0.25, 0.3) is 27.8 Å². The van der Waals surface area contributed by atoms with E-state index in [9.17, 15) is 13.2 Å². The molecule has 0 radical (unpaired) electrons. The molecule has 0 atom stereocenters. The first-order valence-corrected chi connectivity index (χ1v) is 10.3. The van der Waals surface area contributed by atoms with Gasteiger partial charge in [-0.25, -0.2) is 0 Å². The first-order chi connectivity index (χ1) is 15.4. The summed E-state index contributed by atoms with van der Waals surface area (Å²) in [5, 5.41) is 0. The van der Waals surface area contributed by atoms with Gasteiger partial charge in [0.2, 0.25) is 0 Å². The molecule has 0 spiro atoms. The Bertz CT molecular complexity index is 1210. The lowest BCUT2D eigenvalue weighted by molar-refractivity contribution is -0.137. The number of allylic oxidation sites excluding steroid dienone is 7. The van der Waals surface area contributed by atoms with E-state index in [-0.39, 0.29) is 0 Å². The third-order valence-electron chi connectivity index (χ3n) is 5.39. The number of benzene rings is 3. The smallest absolute Gasteiger partial charge is 0.404 e. The molecule has 160 valence electrons. The molecule has 0 saturated heterocycles. The van der Waals surface area contributed by atoms with Crippen LogP contribution >= 0.6 is 0 Å². The van der Waals surface area contributed by atoms with Crippen LogP contribution in [0.2, 0.25) is 0 Å². The van der Waals surface area contributed by atoms with Gasteiger partial charge in [0.15, 0.2) is 0 Å². The van der Waals surface area contributed by atoms with Crippen molar-refractivity contribution in [1.82, 2.24) is 0 Å². The lowest BCUT2D eigenvalue weighted by Gasteiger charge is -2.10. The molecule has 0 heterocycles. The predicted octanol–water partition coefficient (Wildman–Crippen LogP) is 7.78. The maximum absolute atomic E-state index is 13.0. The van der Waals surface area contributed by atoms with Crippen LogP contribution in [0.5, 0.6) is 0 Å². The Morgan fingerprint density at radius 2 is 1.41 bits per heavy atom. The van der Waals surface area contributed by atoms with Gasteiger partial charge in [0.1, 0.15) is 0 Å². The lowest BCUT2D eigenvalue weighted by Crippen LogP contribution is -2.04. The van der Waals surface area contributed by atoms with Gasteiger partial charge in [0.05, 0.1) is 5.56 Å². The van der Waals surface area contributed by atoms with Gasteiger partial charge in [-0.05, 0) is 63.6 Å². The number of rotatable bonds is 4. The molecule has 1 aliphatic carbocycles. The summed E-state index contributed by atoms with van der Waals surface area (Å²) in [5.74, 6) is 0. The monoisotopic (exact) mass is 429 g/mol. The molecule has 0 fully saturated rings. The summed E-state index contributed by atoms with van der Waals surface area (Å²) in [6.45, 7) is 0. The Morgan fingerprint density at radius 1 is 0.781 bits per heavy atom. The maximum atomic E-state index is 13.0. The normalized spacial score (nSPS) is 15.3. The predicted molar refractivity (Wildman–Crippen MR) is 125 cm³/mol. The Labute approximate surface area is 185 Å². The summed E-state index contributed by atoms with van der Waals surface area (Å²) in [6, 6.07) is 21.0. The second kappa shape index (κ2) is 9.15. The summed E-state index contributed by atoms with van der Waals surface area (Å²) in [4.78, 5) is 0. The van der Waals surface area contributed by atoms with Gasteiger partial charge in [-0.15, -0.1) is 0 Å². The summed E-state index contributed by atoms with van der Waals surface area (Å²) in [5.41, 5.74) is 11.7. The van der Waals surface area contributed by atoms with Crippen molar-refractivity contribution in [3.63, 3.8) is 0 Å². The lowest BCUT2D eigenvalue weighted by atomic mass is 9.96. The number of nitrogens with two attached hydrogens (primary N) is 1. The van der Waals surface area contributed by atoms with Crippen LogP contribution in [0, 0.1) is 0 Å². The second-order valence-electron chi connectivity index (χ2n) is 7.57. The molecule has 0 bridgehead atoms. The van der Waals surface area contributed by atoms with Crippen molar-refractivity contribution in [3.8, 4) is 22.3 Å². The maximum Gasteiger partial charge on any atom is 0.416 e. The van der Waals surface area contributed by atoms with E-state index < -0.39 is 11.7 Å². The van der Waals surface area contributed by atoms with Crippen molar-refractivity contribution in [1.29, 1.82) is 0 Å². The van der Waals surface area contributed by atoms with E-state index in [4.69, 9.17) is 5.73 Å². The highest BCUT2D eigenvalue weighted by Gasteiger charge is 2.30. The van der Waals surface area contributed by atoms with Crippen LogP contribution in [0.4, 0.5) is 13.2 Å². The van der Waals surface area contributed by atoms with Gasteiger partial charge in [0.25, 0.3) is 0 Å². The van der Waals surface area contributed by atoms with Crippen molar-refractivity contribution in [2.45, 2.75) is 12.6 Å². The molecule has 4 heteroatoms. The van der Waals surface area contributed by atoms with E-state index in [1.807, 2.05) is 60.7 Å². The van der Waals surface area contributed by atoms with E-state index in [2.05, 4.69) is 18.2 Å². The molecule has 0 aromatic heterocycles. The SMILES string of the molecule is N/C=C(\C=C1\C=CC=CC1)c1ccc(-c2ccc(-c3cccc(C(F)(F)F)c3)cc2)cc1. The Kier molecular flexibility index (Phi) is 6.13. The minimum atomic E-state index is -4.35. The molecule has 1 nitrogen and oxygen atoms in total. The zero-order chi connectivity index (χ0) is 22.6. The summed E-state index contributed by atoms with van der Waals surface area (Å²) in [6.07, 6.45) is 8.43. The molecule has 2 N–H and O–H groups in total. The third kappa shape index (κ3) is 4.92. The third-order valence-corrected chi connectivity index (χ3v) is 5.39. The number of hydrogen-bond donors (Lipinski definition) is 1. The Balaban J connectivity index is 1.54. The number of hydrogen-bond acceptors (Lipinski definition) is 1. The molecule has 1 aliphatic rings. The molecule has 3 aromatic rings. The largest absolute Gasteiger partial charge is 0.416 e. The topological polar surface area (TPSA) is 26.0 Å². The molecule has 32 heavy (non-hydrogen) atoms. The molecule has 0 aliphatic heterocycles. The summed E-state index contributed by atoms with van der Waals surface area (Å²) < 4.78 is 39.0. The molecular weight excluding hydrogens is 407 g/mol. The van der Waals surface area contributed by atoms with Crippen molar-refractivity contribution < 1.29 is 13.2 Å². The molecular formula is C28H22F3N. The first kappa shape index (κ1) is 21.4. The summed E-state index contributed by atoms with van der Waals surface area (Å²) >= 11 is 0. The van der Waals surface area contributed by atoms with E-state index in [1.54, 1.807) is 12.3 Å². The average molecular weight is 429 g/mol. The molecule has 0 unspecified atom stereocenters. The fourth-order valence-electron chi connectivity index (χ4n) is 3.65. The Hall–Kier alpha value is -3.79. The number of halogens is 3. The quantitative estimate of drug-likeness (QED) is 0.450. The van der Waals surface area contributed by atoms with Crippen LogP contribution < -0.4 is 5.73 Å². The van der Waals surface area contributed by atoms with Crippen LogP contribution in [-0.2, 0) is 6.18 Å². The standard InChI is InChI=1S/C28H22F3N/c29-28(30,31)27-8-4-7-25(18-27)23-13-9-21(10-14-23)22-11-15-24(16-12-22)26(19-32)17-20-5-2-1-3-6-20/h1-5,7-19H,6,32H2/b20-17-,26-19+. The van der Waals surface area contributed by atoms with Crippen LogP contribution in [0.1, 0.15) is 17.5 Å². The second-order valence-corrected chi connectivity index (χ2v) is 7.57. The highest BCUT2D eigenvalue weighted by atomic mass is 19.4. The minimum absolute atomic E-state index is 0.541. The van der Waals surface area contributed by atoms with Crippen molar-refractivity contribution in [2.75, 3.05) is 0 Å². The molecule has 0 saturated carbocycles. The summed E-state index contributed by atoms with van der Waals surface area (Å²) in [7, 11) is 0.